The monoisotopic (exact) mass is 353 g/mol. The van der Waals surface area contributed by atoms with Gasteiger partial charge in [0.05, 0.1) is 6.61 Å². The quantitative estimate of drug-likeness (QED) is 0.646. The second-order valence-electron chi connectivity index (χ2n) is 5.33. The van der Waals surface area contributed by atoms with E-state index >= 15 is 0 Å². The molecule has 1 N–H and O–H groups in total. The molecule has 0 unspecified atom stereocenters. The van der Waals surface area contributed by atoms with Gasteiger partial charge in [0.1, 0.15) is 6.61 Å². The average Bonchev–Trinajstić information content (AvgIpc) is 2.90. The molecule has 3 rings (SSSR count). The summed E-state index contributed by atoms with van der Waals surface area (Å²) in [6.07, 6.45) is 7.03. The van der Waals surface area contributed by atoms with Gasteiger partial charge in [-0.1, -0.05) is 23.6 Å². The molecule has 0 radical (unpaired) electrons. The highest BCUT2D eigenvalue weighted by Crippen LogP contribution is 2.36. The maximum Gasteiger partial charge on any atom is 0.256 e. The lowest BCUT2D eigenvalue weighted by Gasteiger charge is -2.11. The number of carbonyl (C=O) groups is 1. The largest absolute Gasteiger partial charge is 0.490 e. The van der Waals surface area contributed by atoms with E-state index < -0.39 is 0 Å². The van der Waals surface area contributed by atoms with E-state index in [1.165, 1.54) is 0 Å². The van der Waals surface area contributed by atoms with Gasteiger partial charge in [0.25, 0.3) is 5.91 Å². The molecule has 1 heterocycles. The van der Waals surface area contributed by atoms with Crippen LogP contribution in [0.3, 0.4) is 0 Å². The third kappa shape index (κ3) is 3.62. The number of halogens is 1. The molecule has 126 valence electrons. The number of nitrogens with one attached hydrogen (secondary N) is 1. The molecule has 0 fully saturated rings. The second kappa shape index (κ2) is 7.33. The van der Waals surface area contributed by atoms with Gasteiger partial charge in [0.2, 0.25) is 0 Å². The molecule has 5 heteroatoms. The lowest BCUT2D eigenvalue weighted by atomic mass is 10.0. The first kappa shape index (κ1) is 16.9. The molecule has 1 aliphatic heterocycles. The third-order valence-corrected chi connectivity index (χ3v) is 3.89. The summed E-state index contributed by atoms with van der Waals surface area (Å²) in [5, 5.41) is 3.41. The average molecular weight is 354 g/mol. The van der Waals surface area contributed by atoms with E-state index in [4.69, 9.17) is 27.5 Å². The SMILES string of the molecule is C#CCOc1ccc(C=C2C(=O)Nc3ccc(Cl)cc32)cc1OCC. The molecule has 0 bridgehead atoms. The number of hydrogen-bond acceptors (Lipinski definition) is 3. The van der Waals surface area contributed by atoms with Gasteiger partial charge in [-0.05, 0) is 48.9 Å². The Kier molecular flexibility index (Phi) is 4.97. The highest BCUT2D eigenvalue weighted by molar-refractivity contribution is 6.36. The van der Waals surface area contributed by atoms with Crippen molar-refractivity contribution in [3.63, 3.8) is 0 Å². The summed E-state index contributed by atoms with van der Waals surface area (Å²) < 4.78 is 11.1. The number of amides is 1. The third-order valence-electron chi connectivity index (χ3n) is 3.65. The first-order chi connectivity index (χ1) is 12.1. The van der Waals surface area contributed by atoms with E-state index in [0.717, 1.165) is 16.8 Å². The molecular formula is C20H16ClNO3. The summed E-state index contributed by atoms with van der Waals surface area (Å²) in [7, 11) is 0. The van der Waals surface area contributed by atoms with Crippen LogP contribution < -0.4 is 14.8 Å². The summed E-state index contributed by atoms with van der Waals surface area (Å²) in [4.78, 5) is 12.3. The first-order valence-corrected chi connectivity index (χ1v) is 8.16. The van der Waals surface area contributed by atoms with Gasteiger partial charge in [0.15, 0.2) is 11.5 Å². The maximum absolute atomic E-state index is 12.3. The normalized spacial score (nSPS) is 14.0. The van der Waals surface area contributed by atoms with E-state index in [2.05, 4.69) is 11.2 Å². The van der Waals surface area contributed by atoms with Gasteiger partial charge < -0.3 is 14.8 Å². The Bertz CT molecular complexity index is 896. The van der Waals surface area contributed by atoms with Gasteiger partial charge in [-0.2, -0.15) is 0 Å². The predicted octanol–water partition coefficient (Wildman–Crippen LogP) is 4.24. The fourth-order valence-corrected chi connectivity index (χ4v) is 2.76. The number of fused-ring (bicyclic) bond motifs is 1. The van der Waals surface area contributed by atoms with Crippen molar-refractivity contribution in [3.8, 4) is 23.8 Å². The summed E-state index contributed by atoms with van der Waals surface area (Å²) in [6.45, 7) is 2.54. The molecule has 0 aliphatic carbocycles. The molecule has 2 aromatic carbocycles. The summed E-state index contributed by atoms with van der Waals surface area (Å²) in [6, 6.07) is 10.7. The van der Waals surface area contributed by atoms with E-state index in [9.17, 15) is 4.79 Å². The van der Waals surface area contributed by atoms with Crippen LogP contribution in [0.15, 0.2) is 36.4 Å². The Morgan fingerprint density at radius 2 is 2.04 bits per heavy atom. The summed E-state index contributed by atoms with van der Waals surface area (Å²) in [5.41, 5.74) is 2.90. The molecule has 4 nitrogen and oxygen atoms in total. The minimum absolute atomic E-state index is 0.161. The van der Waals surface area contributed by atoms with E-state index in [0.29, 0.717) is 28.7 Å². The van der Waals surface area contributed by atoms with Crippen molar-refractivity contribution < 1.29 is 14.3 Å². The number of rotatable bonds is 5. The summed E-state index contributed by atoms with van der Waals surface area (Å²) >= 11 is 6.06. The van der Waals surface area contributed by atoms with Crippen LogP contribution in [0, 0.1) is 12.3 Å². The topological polar surface area (TPSA) is 47.6 Å². The molecular weight excluding hydrogens is 338 g/mol. The lowest BCUT2D eigenvalue weighted by molar-refractivity contribution is -0.110. The van der Waals surface area contributed by atoms with E-state index in [-0.39, 0.29) is 12.5 Å². The predicted molar refractivity (Wildman–Crippen MR) is 99.9 cm³/mol. The molecule has 0 aromatic heterocycles. The molecule has 0 spiro atoms. The zero-order chi connectivity index (χ0) is 17.8. The standard InChI is InChI=1S/C20H16ClNO3/c1-3-9-25-18-8-5-13(11-19(18)24-4-2)10-16-15-12-14(21)6-7-17(15)22-20(16)23/h1,5-8,10-12H,4,9H2,2H3,(H,22,23). The highest BCUT2D eigenvalue weighted by Gasteiger charge is 2.24. The zero-order valence-electron chi connectivity index (χ0n) is 13.6. The van der Waals surface area contributed by atoms with Gasteiger partial charge in [-0.3, -0.25) is 4.79 Å². The van der Waals surface area contributed by atoms with Crippen LogP contribution in [0.4, 0.5) is 5.69 Å². The van der Waals surface area contributed by atoms with Crippen molar-refractivity contribution in [1.29, 1.82) is 0 Å². The molecule has 1 amide bonds. The fourth-order valence-electron chi connectivity index (χ4n) is 2.59. The molecule has 0 saturated carbocycles. The number of ether oxygens (including phenoxy) is 2. The molecule has 0 saturated heterocycles. The maximum atomic E-state index is 12.3. The zero-order valence-corrected chi connectivity index (χ0v) is 14.4. The molecule has 1 aliphatic rings. The molecule has 0 atom stereocenters. The minimum atomic E-state index is -0.164. The molecule has 25 heavy (non-hydrogen) atoms. The Morgan fingerprint density at radius 1 is 1.20 bits per heavy atom. The Balaban J connectivity index is 1.99. The fraction of sp³-hybridized carbons (Fsp3) is 0.150. The smallest absolute Gasteiger partial charge is 0.256 e. The van der Waals surface area contributed by atoms with Crippen LogP contribution in [0.5, 0.6) is 11.5 Å². The summed E-state index contributed by atoms with van der Waals surface area (Å²) in [5.74, 6) is 3.41. The van der Waals surface area contributed by atoms with Crippen LogP contribution in [0.25, 0.3) is 11.6 Å². The van der Waals surface area contributed by atoms with Gasteiger partial charge in [0, 0.05) is 21.8 Å². The number of carbonyl (C=O) groups excluding carboxylic acids is 1. The van der Waals surface area contributed by atoms with E-state index in [1.807, 2.05) is 19.1 Å². The van der Waals surface area contributed by atoms with Crippen molar-refractivity contribution in [1.82, 2.24) is 0 Å². The molecule has 2 aromatic rings. The van der Waals surface area contributed by atoms with Crippen LogP contribution in [0.1, 0.15) is 18.1 Å². The van der Waals surface area contributed by atoms with Crippen molar-refractivity contribution >= 4 is 34.8 Å². The number of hydrogen-bond donors (Lipinski definition) is 1. The lowest BCUT2D eigenvalue weighted by Crippen LogP contribution is -2.03. The van der Waals surface area contributed by atoms with Crippen LogP contribution in [-0.4, -0.2) is 19.1 Å². The van der Waals surface area contributed by atoms with Crippen molar-refractivity contribution in [2.75, 3.05) is 18.5 Å². The van der Waals surface area contributed by atoms with Crippen molar-refractivity contribution in [2.45, 2.75) is 6.92 Å². The van der Waals surface area contributed by atoms with Gasteiger partial charge in [-0.15, -0.1) is 6.42 Å². The van der Waals surface area contributed by atoms with Gasteiger partial charge in [-0.25, -0.2) is 0 Å². The highest BCUT2D eigenvalue weighted by atomic mass is 35.5. The van der Waals surface area contributed by atoms with E-state index in [1.54, 1.807) is 30.3 Å². The van der Waals surface area contributed by atoms with Crippen LogP contribution in [0.2, 0.25) is 5.02 Å². The Labute approximate surface area is 151 Å². The number of anilines is 1. The minimum Gasteiger partial charge on any atom is -0.490 e. The van der Waals surface area contributed by atoms with Crippen molar-refractivity contribution in [3.05, 3.63) is 52.5 Å². The van der Waals surface area contributed by atoms with Crippen LogP contribution >= 0.6 is 11.6 Å². The number of benzene rings is 2. The van der Waals surface area contributed by atoms with Gasteiger partial charge >= 0.3 is 0 Å². The second-order valence-corrected chi connectivity index (χ2v) is 5.77. The van der Waals surface area contributed by atoms with Crippen molar-refractivity contribution in [2.24, 2.45) is 0 Å². The van der Waals surface area contributed by atoms with Crippen LogP contribution in [-0.2, 0) is 4.79 Å². The number of terminal acetylenes is 1. The Hall–Kier alpha value is -2.90. The Morgan fingerprint density at radius 3 is 2.80 bits per heavy atom. The first-order valence-electron chi connectivity index (χ1n) is 7.78.